The molecule has 0 aliphatic heterocycles. The van der Waals surface area contributed by atoms with Crippen LogP contribution in [0, 0.1) is 11.8 Å². The standard InChI is InChI=1S/2C24H31N.C2H7Si.2ClH.Zr/c2*1-6-25(7-2,8-3)22-14-12-19(13-15-22)23-11-9-10-20-16-21(18(4)5)17-24(20)23;1-3-2;;;/h2*9-18H,6-8H2,1-5H3;3H,1-2H3;2*1H;/q2*+1;;;;+2/p-2. The van der Waals surface area contributed by atoms with Crippen LogP contribution < -0.4 is 8.97 Å². The van der Waals surface area contributed by atoms with Crippen LogP contribution in [0.25, 0.3) is 34.4 Å². The number of hydrogen-bond acceptors (Lipinski definition) is 0. The zero-order chi connectivity index (χ0) is 40.8. The fourth-order valence-electron chi connectivity index (χ4n) is 10.8. The van der Waals surface area contributed by atoms with Crippen molar-refractivity contribution in [2.24, 2.45) is 11.8 Å². The van der Waals surface area contributed by atoms with Gasteiger partial charge in [0, 0.05) is 0 Å². The van der Waals surface area contributed by atoms with E-state index in [4.69, 9.17) is 17.0 Å². The second kappa shape index (κ2) is 16.5. The molecule has 0 fully saturated rings. The first-order valence-corrected chi connectivity index (χ1v) is 38.1. The summed E-state index contributed by atoms with van der Waals surface area (Å²) in [5, 5.41) is 0. The zero-order valence-electron chi connectivity index (χ0n) is 36.5. The molecule has 4 aromatic rings. The molecule has 2 aliphatic rings. The maximum atomic E-state index is 8.86. The Kier molecular flexibility index (Phi) is 12.9. The summed E-state index contributed by atoms with van der Waals surface area (Å²) in [5.41, 5.74) is 16.2. The molecule has 0 radical (unpaired) electrons. The number of fused-ring (bicyclic) bond motifs is 2. The van der Waals surface area contributed by atoms with Crippen molar-refractivity contribution in [1.82, 2.24) is 8.97 Å². The second-order valence-electron chi connectivity index (χ2n) is 17.7. The average Bonchev–Trinajstić information content (AvgIpc) is 3.82. The van der Waals surface area contributed by atoms with Gasteiger partial charge in [0.1, 0.15) is 0 Å². The Morgan fingerprint density at radius 3 is 1.11 bits per heavy atom. The number of hydrogen-bond donors (Lipinski definition) is 0. The van der Waals surface area contributed by atoms with E-state index in [9.17, 15) is 0 Å². The Morgan fingerprint density at radius 2 is 0.839 bits per heavy atom. The van der Waals surface area contributed by atoms with Gasteiger partial charge in [-0.15, -0.1) is 0 Å². The third-order valence-electron chi connectivity index (χ3n) is 14.8. The average molecular weight is 888 g/mol. The summed E-state index contributed by atoms with van der Waals surface area (Å²) in [4.78, 5) is 0. The minimum atomic E-state index is -4.96. The van der Waals surface area contributed by atoms with Crippen LogP contribution >= 0.6 is 17.0 Å². The Bertz CT molecular complexity index is 1940. The Morgan fingerprint density at radius 1 is 0.518 bits per heavy atom. The molecular weight excluding hydrogens is 819 g/mol. The van der Waals surface area contributed by atoms with Crippen molar-refractivity contribution >= 4 is 46.5 Å². The molecule has 0 spiro atoms. The minimum absolute atomic E-state index is 0.0642. The van der Waals surface area contributed by atoms with Crippen molar-refractivity contribution in [2.45, 2.75) is 89.6 Å². The summed E-state index contributed by atoms with van der Waals surface area (Å²) >= 11 is -4.96. The van der Waals surface area contributed by atoms with Gasteiger partial charge in [0.25, 0.3) is 0 Å². The van der Waals surface area contributed by atoms with Gasteiger partial charge in [0.2, 0.25) is 0 Å². The third kappa shape index (κ3) is 6.89. The second-order valence-corrected chi connectivity index (χ2v) is 60.2. The molecule has 56 heavy (non-hydrogen) atoms. The first-order chi connectivity index (χ1) is 26.6. The molecule has 2 atom stereocenters. The number of quaternary nitrogens is 2. The summed E-state index contributed by atoms with van der Waals surface area (Å²) in [5.74, 6) is -1.04. The van der Waals surface area contributed by atoms with Crippen molar-refractivity contribution in [1.29, 1.82) is 0 Å². The summed E-state index contributed by atoms with van der Waals surface area (Å²) < 4.78 is 2.13. The molecule has 0 N–H and O–H groups in total. The van der Waals surface area contributed by atoms with E-state index in [1.54, 1.807) is 0 Å². The molecule has 4 aromatic carbocycles. The van der Waals surface area contributed by atoms with E-state index in [-0.39, 0.29) is 7.25 Å². The molecule has 299 valence electrons. The number of benzene rings is 4. The molecule has 0 saturated carbocycles. The molecule has 0 bridgehead atoms. The summed E-state index contributed by atoms with van der Waals surface area (Å²) in [6.45, 7) is 34.8. The van der Waals surface area contributed by atoms with E-state index in [1.165, 1.54) is 67.0 Å². The Hall–Kier alpha value is -2.04. The van der Waals surface area contributed by atoms with Crippen LogP contribution in [0.15, 0.2) is 96.1 Å². The number of rotatable bonds is 15. The topological polar surface area (TPSA) is 0 Å². The molecule has 0 aromatic heterocycles. The molecule has 2 nitrogen and oxygen atoms in total. The van der Waals surface area contributed by atoms with E-state index >= 15 is 0 Å². The number of nitrogens with zero attached hydrogens (tertiary/aromatic N) is 2. The molecule has 0 heterocycles. The fraction of sp³-hybridized carbons (Fsp3) is 0.440. The summed E-state index contributed by atoms with van der Waals surface area (Å²) in [6, 6.07) is 32.8. The van der Waals surface area contributed by atoms with Gasteiger partial charge in [0.15, 0.2) is 0 Å². The van der Waals surface area contributed by atoms with Crippen LogP contribution in [0.2, 0.25) is 13.1 Å². The zero-order valence-corrected chi connectivity index (χ0v) is 41.6. The van der Waals surface area contributed by atoms with E-state index in [0.29, 0.717) is 11.8 Å². The van der Waals surface area contributed by atoms with Crippen molar-refractivity contribution in [2.75, 3.05) is 39.3 Å². The van der Waals surface area contributed by atoms with Gasteiger partial charge in [0.05, 0.1) is 0 Å². The molecule has 0 saturated heterocycles. The van der Waals surface area contributed by atoms with E-state index in [2.05, 4.69) is 179 Å². The maximum absolute atomic E-state index is 8.86. The van der Waals surface area contributed by atoms with E-state index in [0.717, 1.165) is 48.2 Å². The Labute approximate surface area is 349 Å². The van der Waals surface area contributed by atoms with Crippen LogP contribution in [0.3, 0.4) is 0 Å². The molecule has 2 aliphatic carbocycles. The molecule has 6 heteroatoms. The normalized spacial score (nSPS) is 17.9. The van der Waals surface area contributed by atoms with Gasteiger partial charge in [-0.1, -0.05) is 0 Å². The predicted octanol–water partition coefficient (Wildman–Crippen LogP) is 14.6. The van der Waals surface area contributed by atoms with Crippen LogP contribution in [-0.4, -0.2) is 45.2 Å². The number of allylic oxidation sites excluding steroid dienone is 2. The van der Waals surface area contributed by atoms with Crippen molar-refractivity contribution < 1.29 is 15.6 Å². The van der Waals surface area contributed by atoms with Gasteiger partial charge in [-0.05, 0) is 0 Å². The summed E-state index contributed by atoms with van der Waals surface area (Å²) in [7, 11) is 17.7. The van der Waals surface area contributed by atoms with Crippen molar-refractivity contribution in [3.63, 3.8) is 0 Å². The van der Waals surface area contributed by atoms with E-state index in [1.807, 2.05) is 0 Å². The SMILES string of the molecule is CC[N+](CC)(CC)c1ccc(-c2cccc3c2C=C(C(C)C)[CH]3[Zr]([Cl])([Cl])([CH]2C(C(C)C)=Cc3c(-c4ccc([N+](CC)(CC)CC)cc4)cccc32)[SiH](C)C)cc1. The van der Waals surface area contributed by atoms with Gasteiger partial charge >= 0.3 is 352 Å². The molecular formula is C50H69Cl2N2SiZr+2. The monoisotopic (exact) mass is 885 g/mol. The molecule has 2 unspecified atom stereocenters. The van der Waals surface area contributed by atoms with E-state index < -0.39 is 21.5 Å². The van der Waals surface area contributed by atoms with Gasteiger partial charge in [-0.3, -0.25) is 0 Å². The van der Waals surface area contributed by atoms with Crippen molar-refractivity contribution in [3.8, 4) is 22.3 Å². The third-order valence-corrected chi connectivity index (χ3v) is 66.5. The predicted molar refractivity (Wildman–Crippen MR) is 252 cm³/mol. The fourth-order valence-corrected chi connectivity index (χ4v) is 42.3. The Balaban J connectivity index is 1.52. The summed E-state index contributed by atoms with van der Waals surface area (Å²) in [6.07, 6.45) is 5.03. The molecule has 0 amide bonds. The first kappa shape index (κ1) is 43.5. The van der Waals surface area contributed by atoms with Gasteiger partial charge < -0.3 is 0 Å². The van der Waals surface area contributed by atoms with Crippen molar-refractivity contribution in [3.05, 3.63) is 118 Å². The number of halogens is 2. The van der Waals surface area contributed by atoms with Gasteiger partial charge in [-0.2, -0.15) is 0 Å². The van der Waals surface area contributed by atoms with Gasteiger partial charge in [-0.25, -0.2) is 0 Å². The van der Waals surface area contributed by atoms with Crippen LogP contribution in [-0.2, 0) is 15.6 Å². The van der Waals surface area contributed by atoms with Crippen LogP contribution in [0.1, 0.15) is 98.7 Å². The van der Waals surface area contributed by atoms with Crippen LogP contribution in [0.4, 0.5) is 11.4 Å². The van der Waals surface area contributed by atoms with Crippen LogP contribution in [0.5, 0.6) is 0 Å². The molecule has 6 rings (SSSR count). The quantitative estimate of drug-likeness (QED) is 0.0824. The first-order valence-electron chi connectivity index (χ1n) is 21.8.